The summed E-state index contributed by atoms with van der Waals surface area (Å²) in [6.45, 7) is 2.02. The predicted molar refractivity (Wildman–Crippen MR) is 75.3 cm³/mol. The third kappa shape index (κ3) is 3.76. The number of hydrogen-bond acceptors (Lipinski definition) is 5. The summed E-state index contributed by atoms with van der Waals surface area (Å²) in [5, 5.41) is 0.938. The third-order valence-electron chi connectivity index (χ3n) is 2.74. The molecule has 0 radical (unpaired) electrons. The quantitative estimate of drug-likeness (QED) is 0.545. The zero-order chi connectivity index (χ0) is 14.2. The van der Waals surface area contributed by atoms with E-state index in [1.807, 2.05) is 24.3 Å². The maximum Gasteiger partial charge on any atom is 0.168 e. The van der Waals surface area contributed by atoms with Crippen molar-refractivity contribution in [1.29, 1.82) is 0 Å². The Balaban J connectivity index is 2.00. The zero-order valence-corrected chi connectivity index (χ0v) is 11.4. The van der Waals surface area contributed by atoms with Gasteiger partial charge in [-0.3, -0.25) is 4.79 Å². The van der Waals surface area contributed by atoms with E-state index < -0.39 is 0 Å². The molecule has 1 aromatic heterocycles. The van der Waals surface area contributed by atoms with E-state index in [1.165, 1.54) is 0 Å². The number of hydrogen-bond donors (Lipinski definition) is 0. The average molecular weight is 275 g/mol. The van der Waals surface area contributed by atoms with Crippen molar-refractivity contribution in [2.45, 2.75) is 0 Å². The van der Waals surface area contributed by atoms with Gasteiger partial charge in [-0.25, -0.2) is 4.98 Å². The van der Waals surface area contributed by atoms with Crippen LogP contribution in [0.4, 0.5) is 0 Å². The fourth-order valence-corrected chi connectivity index (χ4v) is 1.77. The molecule has 0 amide bonds. The molecule has 0 bridgehead atoms. The van der Waals surface area contributed by atoms with Crippen LogP contribution in [-0.4, -0.2) is 44.8 Å². The second kappa shape index (κ2) is 7.57. The van der Waals surface area contributed by atoms with E-state index in [4.69, 9.17) is 14.2 Å². The molecule has 0 aliphatic rings. The van der Waals surface area contributed by atoms with Gasteiger partial charge in [-0.2, -0.15) is 0 Å². The Bertz CT molecular complexity index is 571. The van der Waals surface area contributed by atoms with Gasteiger partial charge in [0.15, 0.2) is 6.29 Å². The highest BCUT2D eigenvalue weighted by molar-refractivity contribution is 5.87. The number of nitrogens with zero attached hydrogens (tertiary/aromatic N) is 1. The Morgan fingerprint density at radius 3 is 2.75 bits per heavy atom. The Morgan fingerprint density at radius 1 is 1.10 bits per heavy atom. The van der Waals surface area contributed by atoms with E-state index in [-0.39, 0.29) is 0 Å². The number of methoxy groups -OCH3 is 1. The highest BCUT2D eigenvalue weighted by atomic mass is 16.5. The molecule has 5 heteroatoms. The molecule has 2 rings (SSSR count). The summed E-state index contributed by atoms with van der Waals surface area (Å²) in [7, 11) is 1.63. The van der Waals surface area contributed by atoms with Gasteiger partial charge >= 0.3 is 0 Å². The van der Waals surface area contributed by atoms with Crippen LogP contribution in [0.1, 0.15) is 10.5 Å². The number of ether oxygens (including phenoxy) is 3. The van der Waals surface area contributed by atoms with E-state index in [9.17, 15) is 4.79 Å². The van der Waals surface area contributed by atoms with Gasteiger partial charge in [-0.05, 0) is 12.1 Å². The van der Waals surface area contributed by atoms with E-state index in [2.05, 4.69) is 4.98 Å². The standard InChI is InChI=1S/C15H17NO4/c1-18-7-8-19-9-10-20-14-4-2-3-12-5-6-13(11-17)16-15(12)14/h2-6,11H,7-10H2,1H3. The molecule has 0 aliphatic heterocycles. The van der Waals surface area contributed by atoms with Gasteiger partial charge in [0.2, 0.25) is 0 Å². The number of para-hydroxylation sites is 1. The maximum atomic E-state index is 10.8. The lowest BCUT2D eigenvalue weighted by atomic mass is 10.2. The van der Waals surface area contributed by atoms with Crippen LogP contribution in [0.5, 0.6) is 5.75 Å². The fraction of sp³-hybridized carbons (Fsp3) is 0.333. The molecule has 0 fully saturated rings. The highest BCUT2D eigenvalue weighted by Crippen LogP contribution is 2.23. The second-order valence-corrected chi connectivity index (χ2v) is 4.14. The normalized spacial score (nSPS) is 10.7. The minimum Gasteiger partial charge on any atom is -0.489 e. The summed E-state index contributed by atoms with van der Waals surface area (Å²) in [6.07, 6.45) is 0.726. The monoisotopic (exact) mass is 275 g/mol. The Morgan fingerprint density at radius 2 is 1.95 bits per heavy atom. The molecular formula is C15H17NO4. The van der Waals surface area contributed by atoms with Crippen LogP contribution < -0.4 is 4.74 Å². The number of aldehydes is 1. The summed E-state index contributed by atoms with van der Waals surface area (Å²) in [6, 6.07) is 9.20. The van der Waals surface area contributed by atoms with Crippen molar-refractivity contribution >= 4 is 17.2 Å². The first-order chi connectivity index (χ1) is 9.85. The molecule has 0 saturated heterocycles. The molecule has 0 spiro atoms. The van der Waals surface area contributed by atoms with Gasteiger partial charge in [0.25, 0.3) is 0 Å². The molecule has 1 heterocycles. The fourth-order valence-electron chi connectivity index (χ4n) is 1.77. The van der Waals surface area contributed by atoms with E-state index >= 15 is 0 Å². The lowest BCUT2D eigenvalue weighted by molar-refractivity contribution is 0.0546. The largest absolute Gasteiger partial charge is 0.489 e. The number of benzene rings is 1. The van der Waals surface area contributed by atoms with Gasteiger partial charge in [0.1, 0.15) is 23.6 Å². The van der Waals surface area contributed by atoms with Crippen LogP contribution >= 0.6 is 0 Å². The van der Waals surface area contributed by atoms with E-state index in [0.29, 0.717) is 43.4 Å². The first-order valence-electron chi connectivity index (χ1n) is 6.39. The zero-order valence-electron chi connectivity index (χ0n) is 11.4. The minimum atomic E-state index is 0.393. The highest BCUT2D eigenvalue weighted by Gasteiger charge is 2.04. The van der Waals surface area contributed by atoms with Crippen molar-refractivity contribution < 1.29 is 19.0 Å². The molecule has 0 unspecified atom stereocenters. The van der Waals surface area contributed by atoms with Gasteiger partial charge < -0.3 is 14.2 Å². The summed E-state index contributed by atoms with van der Waals surface area (Å²) in [5.41, 5.74) is 1.08. The van der Waals surface area contributed by atoms with Gasteiger partial charge in [0.05, 0.1) is 19.8 Å². The van der Waals surface area contributed by atoms with Crippen molar-refractivity contribution in [3.8, 4) is 5.75 Å². The number of aromatic nitrogens is 1. The van der Waals surface area contributed by atoms with Gasteiger partial charge in [-0.15, -0.1) is 0 Å². The van der Waals surface area contributed by atoms with Crippen molar-refractivity contribution in [2.24, 2.45) is 0 Å². The van der Waals surface area contributed by atoms with Crippen molar-refractivity contribution in [3.63, 3.8) is 0 Å². The lowest BCUT2D eigenvalue weighted by Crippen LogP contribution is -2.10. The van der Waals surface area contributed by atoms with Gasteiger partial charge in [-0.1, -0.05) is 18.2 Å². The van der Waals surface area contributed by atoms with E-state index in [1.54, 1.807) is 13.2 Å². The topological polar surface area (TPSA) is 57.7 Å². The molecule has 0 atom stereocenters. The van der Waals surface area contributed by atoms with E-state index in [0.717, 1.165) is 11.7 Å². The summed E-state index contributed by atoms with van der Waals surface area (Å²) >= 11 is 0. The lowest BCUT2D eigenvalue weighted by Gasteiger charge is -2.09. The summed E-state index contributed by atoms with van der Waals surface area (Å²) in [5.74, 6) is 0.654. The van der Waals surface area contributed by atoms with Crippen molar-refractivity contribution in [2.75, 3.05) is 33.5 Å². The Hall–Kier alpha value is -1.98. The van der Waals surface area contributed by atoms with Crippen LogP contribution in [0.15, 0.2) is 30.3 Å². The molecular weight excluding hydrogens is 258 g/mol. The molecule has 1 aromatic carbocycles. The van der Waals surface area contributed by atoms with Crippen LogP contribution in [0.2, 0.25) is 0 Å². The van der Waals surface area contributed by atoms with Crippen LogP contribution in [0.3, 0.4) is 0 Å². The van der Waals surface area contributed by atoms with Crippen molar-refractivity contribution in [1.82, 2.24) is 4.98 Å². The first kappa shape index (κ1) is 14.4. The van der Waals surface area contributed by atoms with Crippen LogP contribution in [0, 0.1) is 0 Å². The molecule has 0 N–H and O–H groups in total. The summed E-state index contributed by atoms with van der Waals surface area (Å²) < 4.78 is 15.9. The van der Waals surface area contributed by atoms with Crippen molar-refractivity contribution in [3.05, 3.63) is 36.0 Å². The average Bonchev–Trinajstić information content (AvgIpc) is 2.50. The van der Waals surface area contributed by atoms with Crippen LogP contribution in [-0.2, 0) is 9.47 Å². The minimum absolute atomic E-state index is 0.393. The first-order valence-corrected chi connectivity index (χ1v) is 6.39. The second-order valence-electron chi connectivity index (χ2n) is 4.14. The number of carbonyl (C=O) groups is 1. The molecule has 20 heavy (non-hydrogen) atoms. The SMILES string of the molecule is COCCOCCOc1cccc2ccc(C=O)nc12. The molecule has 0 aliphatic carbocycles. The van der Waals surface area contributed by atoms with Gasteiger partial charge in [0, 0.05) is 12.5 Å². The number of pyridine rings is 1. The number of rotatable bonds is 8. The molecule has 5 nitrogen and oxygen atoms in total. The Kier molecular flexibility index (Phi) is 5.46. The summed E-state index contributed by atoms with van der Waals surface area (Å²) in [4.78, 5) is 15.1. The number of fused-ring (bicyclic) bond motifs is 1. The third-order valence-corrected chi connectivity index (χ3v) is 2.74. The Labute approximate surface area is 117 Å². The smallest absolute Gasteiger partial charge is 0.168 e. The maximum absolute atomic E-state index is 10.8. The molecule has 2 aromatic rings. The van der Waals surface area contributed by atoms with Crippen LogP contribution in [0.25, 0.3) is 10.9 Å². The number of carbonyl (C=O) groups excluding carboxylic acids is 1. The molecule has 106 valence electrons. The molecule has 0 saturated carbocycles. The predicted octanol–water partition coefficient (Wildman–Crippen LogP) is 2.09.